The summed E-state index contributed by atoms with van der Waals surface area (Å²) in [6.45, 7) is 0.841. The lowest BCUT2D eigenvalue weighted by Gasteiger charge is -1.99. The van der Waals surface area contributed by atoms with Gasteiger partial charge in [0.1, 0.15) is 0 Å². The van der Waals surface area contributed by atoms with Crippen molar-refractivity contribution in [3.05, 3.63) is 5.89 Å². The maximum absolute atomic E-state index is 10.6. The topological polar surface area (TPSA) is 137 Å². The number of nitrogens with two attached hydrogens (primary N) is 2. The Balaban J connectivity index is 2.26. The predicted octanol–water partition coefficient (Wildman–Crippen LogP) is -1.34. The summed E-state index contributed by atoms with van der Waals surface area (Å²) >= 11 is 0. The molecule has 1 aromatic heterocycles. The SMILES string of the molecule is NCCc1nnc(NCCCS(N)(=O)=O)o1. The molecule has 0 fully saturated rings. The summed E-state index contributed by atoms with van der Waals surface area (Å²) in [5.74, 6) is 0.375. The molecule has 0 amide bonds. The first-order valence-electron chi connectivity index (χ1n) is 4.78. The van der Waals surface area contributed by atoms with Crippen LogP contribution >= 0.6 is 0 Å². The van der Waals surface area contributed by atoms with Crippen LogP contribution in [-0.4, -0.2) is 37.5 Å². The van der Waals surface area contributed by atoms with Crippen LogP contribution in [0.4, 0.5) is 6.01 Å². The largest absolute Gasteiger partial charge is 0.408 e. The Morgan fingerprint density at radius 1 is 1.38 bits per heavy atom. The molecule has 0 saturated heterocycles. The van der Waals surface area contributed by atoms with Crippen LogP contribution in [0, 0.1) is 0 Å². The molecule has 0 atom stereocenters. The fourth-order valence-electron chi connectivity index (χ4n) is 1.02. The van der Waals surface area contributed by atoms with E-state index in [2.05, 4.69) is 15.5 Å². The number of nitrogens with one attached hydrogen (secondary N) is 1. The number of hydrogen-bond donors (Lipinski definition) is 3. The van der Waals surface area contributed by atoms with Crippen molar-refractivity contribution in [3.8, 4) is 0 Å². The second-order valence-corrected chi connectivity index (χ2v) is 4.92. The Labute approximate surface area is 93.4 Å². The van der Waals surface area contributed by atoms with Crippen LogP contribution in [0.25, 0.3) is 0 Å². The zero-order chi connectivity index (χ0) is 12.0. The maximum Gasteiger partial charge on any atom is 0.315 e. The smallest absolute Gasteiger partial charge is 0.315 e. The van der Waals surface area contributed by atoms with Crippen molar-refractivity contribution >= 4 is 16.0 Å². The van der Waals surface area contributed by atoms with E-state index in [4.69, 9.17) is 15.3 Å². The van der Waals surface area contributed by atoms with Crippen molar-refractivity contribution in [2.24, 2.45) is 10.9 Å². The number of aromatic nitrogens is 2. The fraction of sp³-hybridized carbons (Fsp3) is 0.714. The quantitative estimate of drug-likeness (QED) is 0.508. The summed E-state index contributed by atoms with van der Waals surface area (Å²) in [7, 11) is -3.41. The Bertz CT molecular complexity index is 415. The molecule has 16 heavy (non-hydrogen) atoms. The summed E-state index contributed by atoms with van der Waals surface area (Å²) in [6.07, 6.45) is 0.902. The molecule has 0 aliphatic carbocycles. The Morgan fingerprint density at radius 3 is 2.75 bits per heavy atom. The number of rotatable bonds is 7. The highest BCUT2D eigenvalue weighted by molar-refractivity contribution is 7.89. The van der Waals surface area contributed by atoms with Crippen LogP contribution in [0.5, 0.6) is 0 Å². The van der Waals surface area contributed by atoms with Crippen molar-refractivity contribution < 1.29 is 12.8 Å². The average molecular weight is 249 g/mol. The van der Waals surface area contributed by atoms with E-state index in [0.29, 0.717) is 31.8 Å². The lowest BCUT2D eigenvalue weighted by Crippen LogP contribution is -2.18. The van der Waals surface area contributed by atoms with Gasteiger partial charge in [-0.25, -0.2) is 13.6 Å². The van der Waals surface area contributed by atoms with E-state index in [0.717, 1.165) is 0 Å². The van der Waals surface area contributed by atoms with E-state index in [1.165, 1.54) is 0 Å². The molecule has 1 heterocycles. The number of anilines is 1. The number of nitrogens with zero attached hydrogens (tertiary/aromatic N) is 2. The molecule has 0 aliphatic rings. The monoisotopic (exact) mass is 249 g/mol. The lowest BCUT2D eigenvalue weighted by atomic mass is 10.4. The molecule has 0 unspecified atom stereocenters. The number of primary sulfonamides is 1. The van der Waals surface area contributed by atoms with E-state index >= 15 is 0 Å². The predicted molar refractivity (Wildman–Crippen MR) is 58.1 cm³/mol. The number of hydrogen-bond acceptors (Lipinski definition) is 7. The maximum atomic E-state index is 10.6. The molecule has 0 radical (unpaired) electrons. The summed E-state index contributed by atoms with van der Waals surface area (Å²) in [4.78, 5) is 0. The molecule has 8 nitrogen and oxygen atoms in total. The minimum Gasteiger partial charge on any atom is -0.408 e. The van der Waals surface area contributed by atoms with E-state index in [1.54, 1.807) is 0 Å². The fourth-order valence-corrected chi connectivity index (χ4v) is 1.56. The van der Waals surface area contributed by atoms with E-state index < -0.39 is 10.0 Å². The van der Waals surface area contributed by atoms with Crippen LogP contribution in [0.3, 0.4) is 0 Å². The van der Waals surface area contributed by atoms with Gasteiger partial charge in [0.05, 0.1) is 5.75 Å². The van der Waals surface area contributed by atoms with Crippen molar-refractivity contribution in [2.75, 3.05) is 24.2 Å². The first-order valence-corrected chi connectivity index (χ1v) is 6.49. The van der Waals surface area contributed by atoms with Crippen molar-refractivity contribution in [2.45, 2.75) is 12.8 Å². The van der Waals surface area contributed by atoms with Gasteiger partial charge in [-0.2, -0.15) is 0 Å². The van der Waals surface area contributed by atoms with Gasteiger partial charge in [0.25, 0.3) is 0 Å². The summed E-state index contributed by atoms with van der Waals surface area (Å²) in [5.41, 5.74) is 5.31. The Morgan fingerprint density at radius 2 is 2.12 bits per heavy atom. The molecule has 1 aromatic rings. The minimum absolute atomic E-state index is 0.0796. The molecule has 0 saturated carbocycles. The lowest BCUT2D eigenvalue weighted by molar-refractivity contribution is 0.505. The number of sulfonamides is 1. The van der Waals surface area contributed by atoms with Crippen molar-refractivity contribution in [1.82, 2.24) is 10.2 Å². The Kier molecular flexibility index (Phi) is 4.65. The third-order valence-electron chi connectivity index (χ3n) is 1.71. The second kappa shape index (κ2) is 5.77. The highest BCUT2D eigenvalue weighted by Crippen LogP contribution is 2.05. The van der Waals surface area contributed by atoms with Crippen LogP contribution in [0.1, 0.15) is 12.3 Å². The van der Waals surface area contributed by atoms with Crippen LogP contribution in [-0.2, 0) is 16.4 Å². The van der Waals surface area contributed by atoms with Gasteiger partial charge in [-0.1, -0.05) is 5.10 Å². The third-order valence-corrected chi connectivity index (χ3v) is 2.56. The first kappa shape index (κ1) is 12.9. The minimum atomic E-state index is -3.41. The van der Waals surface area contributed by atoms with E-state index in [1.807, 2.05) is 0 Å². The molecule has 5 N–H and O–H groups in total. The van der Waals surface area contributed by atoms with E-state index in [-0.39, 0.29) is 11.8 Å². The zero-order valence-electron chi connectivity index (χ0n) is 8.72. The van der Waals surface area contributed by atoms with Gasteiger partial charge in [-0.05, 0) is 6.42 Å². The van der Waals surface area contributed by atoms with Gasteiger partial charge < -0.3 is 15.5 Å². The van der Waals surface area contributed by atoms with Gasteiger partial charge in [0, 0.05) is 19.5 Å². The molecule has 0 spiro atoms. The van der Waals surface area contributed by atoms with Gasteiger partial charge >= 0.3 is 6.01 Å². The standard InChI is InChI=1S/C7H15N5O3S/c8-3-2-6-11-12-7(15-6)10-4-1-5-16(9,13)14/h1-5,8H2,(H,10,12)(H2,9,13,14). The zero-order valence-corrected chi connectivity index (χ0v) is 9.53. The third kappa shape index (κ3) is 5.05. The van der Waals surface area contributed by atoms with E-state index in [9.17, 15) is 8.42 Å². The van der Waals surface area contributed by atoms with Gasteiger partial charge in [0.15, 0.2) is 0 Å². The first-order chi connectivity index (χ1) is 7.51. The molecular formula is C7H15N5O3S. The highest BCUT2D eigenvalue weighted by Gasteiger charge is 2.05. The summed E-state index contributed by atoms with van der Waals surface area (Å²) in [5, 5.41) is 15.1. The molecule has 0 bridgehead atoms. The molecule has 9 heteroatoms. The van der Waals surface area contributed by atoms with Gasteiger partial charge in [0.2, 0.25) is 15.9 Å². The average Bonchev–Trinajstić information content (AvgIpc) is 2.60. The molecule has 92 valence electrons. The molecule has 0 aromatic carbocycles. The van der Waals surface area contributed by atoms with Crippen LogP contribution in [0.2, 0.25) is 0 Å². The molecule has 1 rings (SSSR count). The molecule has 0 aliphatic heterocycles. The summed E-state index contributed by atoms with van der Waals surface area (Å²) < 4.78 is 26.4. The van der Waals surface area contributed by atoms with Crippen LogP contribution in [0.15, 0.2) is 4.42 Å². The summed E-state index contributed by atoms with van der Waals surface area (Å²) in [6, 6.07) is 0.262. The van der Waals surface area contributed by atoms with Crippen molar-refractivity contribution in [1.29, 1.82) is 0 Å². The van der Waals surface area contributed by atoms with Gasteiger partial charge in [-0.15, -0.1) is 5.10 Å². The van der Waals surface area contributed by atoms with Crippen LogP contribution < -0.4 is 16.2 Å². The second-order valence-electron chi connectivity index (χ2n) is 3.19. The normalized spacial score (nSPS) is 11.6. The van der Waals surface area contributed by atoms with Crippen molar-refractivity contribution in [3.63, 3.8) is 0 Å². The Hall–Kier alpha value is -1.19. The molecular weight excluding hydrogens is 234 g/mol. The highest BCUT2D eigenvalue weighted by atomic mass is 32.2. The van der Waals surface area contributed by atoms with Gasteiger partial charge in [-0.3, -0.25) is 0 Å².